The van der Waals surface area contributed by atoms with E-state index in [-0.39, 0.29) is 207 Å². The van der Waals surface area contributed by atoms with Crippen molar-refractivity contribution in [3.63, 3.8) is 0 Å². The molecular formula is C105H139N13O19. The molecule has 1 atom stereocenters. The molecule has 137 heavy (non-hydrogen) atoms. The number of nitrogens with zero attached hydrogens (tertiary/aromatic N) is 4. The van der Waals surface area contributed by atoms with Gasteiger partial charge in [0.05, 0.1) is 75.1 Å². The van der Waals surface area contributed by atoms with E-state index in [1.807, 2.05) is 161 Å². The van der Waals surface area contributed by atoms with Gasteiger partial charge in [-0.15, -0.1) is 0 Å². The number of unbranched alkanes of at least 4 members (excludes halogenated alkanes) is 1. The predicted octanol–water partition coefficient (Wildman–Crippen LogP) is 10.6. The Kier molecular flexibility index (Phi) is 44.9. The number of hydrogen-bond acceptors (Lipinski definition) is 23. The second kappa shape index (κ2) is 57.6. The van der Waals surface area contributed by atoms with Gasteiger partial charge in [0.15, 0.2) is 23.0 Å². The first kappa shape index (κ1) is 107. The van der Waals surface area contributed by atoms with Crippen LogP contribution in [0.2, 0.25) is 0 Å². The summed E-state index contributed by atoms with van der Waals surface area (Å²) in [5.74, 6) is -3.52. The van der Waals surface area contributed by atoms with E-state index >= 15 is 19.2 Å². The molecule has 9 N–H and O–H groups in total. The highest BCUT2D eigenvalue weighted by molar-refractivity contribution is 6.05. The van der Waals surface area contributed by atoms with Crippen molar-refractivity contribution in [2.75, 3.05) is 197 Å². The van der Waals surface area contributed by atoms with Crippen LogP contribution in [0, 0.1) is 27.7 Å². The van der Waals surface area contributed by atoms with Crippen LogP contribution in [0.15, 0.2) is 170 Å². The minimum absolute atomic E-state index is 0.00366. The number of rotatable bonds is 37. The first-order valence-electron chi connectivity index (χ1n) is 47.6. The minimum atomic E-state index is -0.765. The van der Waals surface area contributed by atoms with Crippen LogP contribution in [0.1, 0.15) is 181 Å². The number of carbonyl (C=O) groups is 9. The summed E-state index contributed by atoms with van der Waals surface area (Å²) in [7, 11) is 1.60. The zero-order chi connectivity index (χ0) is 97.5. The third-order valence-corrected chi connectivity index (χ3v) is 23.5. The van der Waals surface area contributed by atoms with Crippen LogP contribution in [0.5, 0.6) is 23.0 Å². The Morgan fingerprint density at radius 2 is 0.620 bits per heavy atom. The lowest BCUT2D eigenvalue weighted by molar-refractivity contribution is 0.0196. The van der Waals surface area contributed by atoms with Gasteiger partial charge in [-0.3, -0.25) is 58.0 Å². The SMILES string of the molecule is CCCOCCOCCN1CCNC(=O)c2ccc(c(C)c2C)C(=O)NCCN(CCN2CCNC(=O)c3ccc(c(OCc4ccccc4)c3OCc3ccccc3)C(=O)NCCN(CCOCCOCCOC)CCNC(=O)c3ccc(c(OCc4ccccc4)c3OCc3ccccc3)C(=O)NC(CCCCNC(=O)OC(C)(C)C)C2)CCNC(=O)c2ccc(c(C)c2C)C(=O)NCC1. The van der Waals surface area contributed by atoms with Gasteiger partial charge in [-0.1, -0.05) is 128 Å². The zero-order valence-electron chi connectivity index (χ0n) is 81.0. The molecule has 9 amide bonds. The van der Waals surface area contributed by atoms with Crippen LogP contribution in [0.25, 0.3) is 0 Å². The molecule has 738 valence electrons. The average Bonchev–Trinajstić information content (AvgIpc) is 0.801. The lowest BCUT2D eigenvalue weighted by Crippen LogP contribution is -2.49. The first-order valence-corrected chi connectivity index (χ1v) is 47.6. The van der Waals surface area contributed by atoms with Crippen LogP contribution in [-0.4, -0.2) is 282 Å². The van der Waals surface area contributed by atoms with Crippen LogP contribution < -0.4 is 66.8 Å². The number of hydrogen-bond donors (Lipinski definition) is 9. The van der Waals surface area contributed by atoms with Crippen LogP contribution in [0.4, 0.5) is 4.79 Å². The van der Waals surface area contributed by atoms with Gasteiger partial charge in [0.25, 0.3) is 47.3 Å². The van der Waals surface area contributed by atoms with Crippen molar-refractivity contribution in [3.8, 4) is 23.0 Å². The summed E-state index contributed by atoms with van der Waals surface area (Å²) < 4.78 is 61.1. The molecule has 0 aliphatic carbocycles. The van der Waals surface area contributed by atoms with Crippen molar-refractivity contribution >= 4 is 53.4 Å². The van der Waals surface area contributed by atoms with E-state index in [9.17, 15) is 24.0 Å². The van der Waals surface area contributed by atoms with Crippen molar-refractivity contribution < 1.29 is 90.5 Å². The molecule has 8 aromatic rings. The largest absolute Gasteiger partial charge is 0.484 e. The number of nitrogens with one attached hydrogen (secondary N) is 9. The molecule has 0 radical (unpaired) electrons. The highest BCUT2D eigenvalue weighted by Gasteiger charge is 2.31. The number of alkyl carbamates (subject to hydrolysis) is 1. The third kappa shape index (κ3) is 35.6. The van der Waals surface area contributed by atoms with Crippen molar-refractivity contribution in [3.05, 3.63) is 259 Å². The zero-order valence-corrected chi connectivity index (χ0v) is 81.0. The van der Waals surface area contributed by atoms with E-state index in [1.54, 1.807) is 76.4 Å². The Morgan fingerprint density at radius 3 is 0.942 bits per heavy atom. The van der Waals surface area contributed by atoms with E-state index < -0.39 is 41.4 Å². The summed E-state index contributed by atoms with van der Waals surface area (Å²) in [5.41, 5.74) is 6.63. The van der Waals surface area contributed by atoms with E-state index in [4.69, 9.17) is 47.4 Å². The molecule has 0 saturated carbocycles. The fraction of sp³-hybridized carbons (Fsp3) is 0.457. The number of benzene rings is 8. The van der Waals surface area contributed by atoms with Gasteiger partial charge in [-0.25, -0.2) is 4.79 Å². The normalized spacial score (nSPS) is 15.8. The standard InChI is InChI=1S/C105H139N13O19/c1-10-61-129-66-67-130-62-59-116-52-45-108-98(121)86-36-34-84(75(2)77(86)4)96(119)106-43-50-115(51-44-107-97(120)85-35-37-87(78(5)76(85)3)99(122)109-46-53-116)57-58-118-56-49-112-102(125)89-39-38-88(92(133-71-79-25-15-11-16-26-79)93(89)134-72-80-27-17-12-18-28-80)100(123)110-47-54-117(60-63-131-68-69-132-65-64-128-9)55-48-111-101(124)90-40-41-91(103(126)114-83(70-118)33-23-24-42-113-104(127)137-105(6,7)8)95(136-74-82-31-21-14-22-32-82)94(90)135-73-81-29-19-13-20-30-81/h11-22,25-32,34-41,83H,10,23-24,33,42-74H2,1-9H3,(H,106,119)(H,107,120)(H,108,121)(H,109,122)(H,110,123)(H,111,124)(H,112,125)(H,113,127)(H,114,126). The van der Waals surface area contributed by atoms with E-state index in [1.165, 1.54) is 0 Å². The van der Waals surface area contributed by atoms with Gasteiger partial charge in [-0.05, 0) is 167 Å². The van der Waals surface area contributed by atoms with E-state index in [2.05, 4.69) is 62.6 Å². The van der Waals surface area contributed by atoms with Crippen molar-refractivity contribution in [2.45, 2.75) is 119 Å². The Labute approximate surface area is 805 Å². The molecule has 8 bridgehead atoms. The van der Waals surface area contributed by atoms with Crippen LogP contribution in [-0.2, 0) is 54.8 Å². The average molecular weight is 1890 g/mol. The number of carbonyl (C=O) groups excluding carboxylic acids is 9. The monoisotopic (exact) mass is 1890 g/mol. The molecule has 13 rings (SSSR count). The molecule has 0 saturated heterocycles. The van der Waals surface area contributed by atoms with Crippen LogP contribution >= 0.6 is 0 Å². The maximum atomic E-state index is 16.1. The molecular weight excluding hydrogens is 1750 g/mol. The topological polar surface area (TPSA) is 367 Å². The summed E-state index contributed by atoms with van der Waals surface area (Å²) in [6.45, 7) is 23.0. The molecule has 0 spiro atoms. The smallest absolute Gasteiger partial charge is 0.407 e. The molecule has 32 nitrogen and oxygen atoms in total. The first-order chi connectivity index (χ1) is 66.4. The van der Waals surface area contributed by atoms with Gasteiger partial charge < -0.3 is 95.2 Å². The second-order valence-corrected chi connectivity index (χ2v) is 34.7. The molecule has 0 aromatic heterocycles. The number of fused-ring (bicyclic) bond motifs is 6. The highest BCUT2D eigenvalue weighted by Crippen LogP contribution is 2.39. The molecule has 32 heteroatoms. The van der Waals surface area contributed by atoms with E-state index in [0.717, 1.165) is 28.7 Å². The van der Waals surface area contributed by atoms with Gasteiger partial charge >= 0.3 is 6.09 Å². The molecule has 1 unspecified atom stereocenters. The van der Waals surface area contributed by atoms with E-state index in [0.29, 0.717) is 143 Å². The van der Waals surface area contributed by atoms with Crippen molar-refractivity contribution in [2.24, 2.45) is 0 Å². The summed E-state index contributed by atoms with van der Waals surface area (Å²) >= 11 is 0. The molecule has 5 aliphatic heterocycles. The van der Waals surface area contributed by atoms with Gasteiger partial charge in [0, 0.05) is 173 Å². The maximum absolute atomic E-state index is 16.1. The Balaban J connectivity index is 1.03. The Morgan fingerprint density at radius 1 is 0.343 bits per heavy atom. The summed E-state index contributed by atoms with van der Waals surface area (Å²) in [4.78, 5) is 141. The lowest BCUT2D eigenvalue weighted by Gasteiger charge is -2.31. The summed E-state index contributed by atoms with van der Waals surface area (Å²) in [6, 6.07) is 49.7. The highest BCUT2D eigenvalue weighted by atomic mass is 16.6. The molecule has 5 aliphatic rings. The lowest BCUT2D eigenvalue weighted by atomic mass is 9.97. The summed E-state index contributed by atoms with van der Waals surface area (Å²) in [6.07, 6.45) is 1.54. The van der Waals surface area contributed by atoms with Crippen molar-refractivity contribution in [1.82, 2.24) is 67.5 Å². The molecule has 8 aromatic carbocycles. The maximum Gasteiger partial charge on any atom is 0.407 e. The number of ether oxygens (including phenoxy) is 10. The van der Waals surface area contributed by atoms with Gasteiger partial charge in [-0.2, -0.15) is 0 Å². The quantitative estimate of drug-likeness (QED) is 0.0163. The molecule has 0 fully saturated rings. The fourth-order valence-corrected chi connectivity index (χ4v) is 15.6. The number of methoxy groups -OCH3 is 1. The van der Waals surface area contributed by atoms with Crippen molar-refractivity contribution in [1.29, 1.82) is 0 Å². The summed E-state index contributed by atoms with van der Waals surface area (Å²) in [5, 5.41) is 28.1. The van der Waals surface area contributed by atoms with Gasteiger partial charge in [0.2, 0.25) is 0 Å². The van der Waals surface area contributed by atoms with Crippen LogP contribution in [0.3, 0.4) is 0 Å². The second-order valence-electron chi connectivity index (χ2n) is 34.7. The Bertz CT molecular complexity index is 5070. The molecule has 5 heterocycles. The number of amides is 9. The third-order valence-electron chi connectivity index (χ3n) is 23.5. The Hall–Kier alpha value is -12.4. The fourth-order valence-electron chi connectivity index (χ4n) is 15.6. The minimum Gasteiger partial charge on any atom is -0.484 e. The predicted molar refractivity (Wildman–Crippen MR) is 525 cm³/mol. The van der Waals surface area contributed by atoms with Gasteiger partial charge in [0.1, 0.15) is 32.0 Å².